The molecule has 0 bridgehead atoms. The molecule has 2 aromatic carbocycles. The van der Waals surface area contributed by atoms with E-state index < -0.39 is 5.60 Å². The Labute approximate surface area is 167 Å². The van der Waals surface area contributed by atoms with Gasteiger partial charge in [0.2, 0.25) is 0 Å². The number of amides is 1. The van der Waals surface area contributed by atoms with Crippen molar-refractivity contribution in [2.24, 2.45) is 0 Å². The predicted molar refractivity (Wildman–Crippen MR) is 112 cm³/mol. The summed E-state index contributed by atoms with van der Waals surface area (Å²) in [5.74, 6) is 1.65. The van der Waals surface area contributed by atoms with Gasteiger partial charge in [0, 0.05) is 24.8 Å². The monoisotopic (exact) mass is 382 g/mol. The van der Waals surface area contributed by atoms with Crippen molar-refractivity contribution in [2.75, 3.05) is 18.4 Å². The number of ether oxygens (including phenoxy) is 2. The van der Waals surface area contributed by atoms with Crippen molar-refractivity contribution in [3.8, 4) is 11.5 Å². The van der Waals surface area contributed by atoms with E-state index in [2.05, 4.69) is 12.2 Å². The van der Waals surface area contributed by atoms with Crippen molar-refractivity contribution in [3.63, 3.8) is 0 Å². The molecule has 2 aromatic rings. The largest absolute Gasteiger partial charge is 0.457 e. The van der Waals surface area contributed by atoms with Crippen molar-refractivity contribution in [1.82, 2.24) is 4.90 Å². The molecule has 150 valence electrons. The Morgan fingerprint density at radius 3 is 2.04 bits per heavy atom. The van der Waals surface area contributed by atoms with Gasteiger partial charge in [-0.25, -0.2) is 4.79 Å². The number of anilines is 1. The van der Waals surface area contributed by atoms with Crippen LogP contribution in [0.5, 0.6) is 11.5 Å². The van der Waals surface area contributed by atoms with E-state index >= 15 is 0 Å². The first-order valence-corrected chi connectivity index (χ1v) is 9.87. The first-order valence-electron chi connectivity index (χ1n) is 9.87. The zero-order valence-corrected chi connectivity index (χ0v) is 17.2. The fraction of sp³-hybridized carbons (Fsp3) is 0.435. The average molecular weight is 383 g/mol. The summed E-state index contributed by atoms with van der Waals surface area (Å²) >= 11 is 0. The molecule has 5 nitrogen and oxygen atoms in total. The number of nitrogens with zero attached hydrogens (tertiary/aromatic N) is 1. The molecule has 1 aliphatic heterocycles. The summed E-state index contributed by atoms with van der Waals surface area (Å²) < 4.78 is 11.3. The lowest BCUT2D eigenvalue weighted by molar-refractivity contribution is 0.0210. The Morgan fingerprint density at radius 1 is 0.964 bits per heavy atom. The molecule has 0 spiro atoms. The Hall–Kier alpha value is -2.69. The lowest BCUT2D eigenvalue weighted by atomic mass is 10.0. The van der Waals surface area contributed by atoms with Crippen LogP contribution in [0.4, 0.5) is 10.5 Å². The first-order chi connectivity index (χ1) is 13.3. The van der Waals surface area contributed by atoms with Gasteiger partial charge < -0.3 is 19.7 Å². The topological polar surface area (TPSA) is 50.8 Å². The van der Waals surface area contributed by atoms with Crippen LogP contribution in [-0.4, -0.2) is 35.7 Å². The van der Waals surface area contributed by atoms with Gasteiger partial charge in [0.1, 0.15) is 17.1 Å². The van der Waals surface area contributed by atoms with Crippen LogP contribution in [0.1, 0.15) is 39.2 Å². The van der Waals surface area contributed by atoms with Crippen LogP contribution in [-0.2, 0) is 4.74 Å². The third-order valence-electron chi connectivity index (χ3n) is 4.63. The molecule has 0 aliphatic carbocycles. The fourth-order valence-corrected chi connectivity index (χ4v) is 3.13. The van der Waals surface area contributed by atoms with E-state index in [0.29, 0.717) is 19.1 Å². The predicted octanol–water partition coefficient (Wildman–Crippen LogP) is 5.60. The maximum Gasteiger partial charge on any atom is 0.410 e. The number of piperidine rings is 1. The molecule has 1 N–H and O–H groups in total. The molecule has 5 heteroatoms. The Kier molecular flexibility index (Phi) is 6.12. The van der Waals surface area contributed by atoms with Crippen LogP contribution in [0.3, 0.4) is 0 Å². The minimum atomic E-state index is -0.450. The highest BCUT2D eigenvalue weighted by Crippen LogP contribution is 2.25. The lowest BCUT2D eigenvalue weighted by Gasteiger charge is -2.34. The highest BCUT2D eigenvalue weighted by Gasteiger charge is 2.26. The molecular formula is C23H30N2O3. The van der Waals surface area contributed by atoms with E-state index in [1.165, 1.54) is 5.56 Å². The maximum absolute atomic E-state index is 12.2. The minimum Gasteiger partial charge on any atom is -0.457 e. The van der Waals surface area contributed by atoms with Gasteiger partial charge in [0.05, 0.1) is 0 Å². The zero-order chi connectivity index (χ0) is 20.1. The number of carbonyl (C=O) groups is 1. The van der Waals surface area contributed by atoms with Crippen molar-refractivity contribution in [2.45, 2.75) is 52.2 Å². The molecule has 1 fully saturated rings. The second kappa shape index (κ2) is 8.55. The second-order valence-electron chi connectivity index (χ2n) is 8.33. The van der Waals surface area contributed by atoms with Gasteiger partial charge in [-0.1, -0.05) is 17.7 Å². The van der Waals surface area contributed by atoms with Crippen LogP contribution >= 0.6 is 0 Å². The van der Waals surface area contributed by atoms with Crippen molar-refractivity contribution in [3.05, 3.63) is 54.1 Å². The number of hydrogen-bond donors (Lipinski definition) is 1. The van der Waals surface area contributed by atoms with Crippen LogP contribution in [0.15, 0.2) is 48.5 Å². The van der Waals surface area contributed by atoms with E-state index in [0.717, 1.165) is 30.0 Å². The van der Waals surface area contributed by atoms with Crippen LogP contribution < -0.4 is 10.1 Å². The Bertz CT molecular complexity index is 771. The van der Waals surface area contributed by atoms with Crippen LogP contribution in [0, 0.1) is 6.92 Å². The number of nitrogens with one attached hydrogen (secondary N) is 1. The maximum atomic E-state index is 12.2. The molecule has 1 aliphatic rings. The number of likely N-dealkylation sites (tertiary alicyclic amines) is 1. The SMILES string of the molecule is Cc1ccc(Oc2ccc(NC3CCN(C(=O)OC(C)(C)C)CC3)cc2)cc1. The number of hydrogen-bond acceptors (Lipinski definition) is 4. The minimum absolute atomic E-state index is 0.219. The molecule has 0 atom stereocenters. The first kappa shape index (κ1) is 20.1. The highest BCUT2D eigenvalue weighted by molar-refractivity contribution is 5.68. The summed E-state index contributed by atoms with van der Waals surface area (Å²) in [6.07, 6.45) is 1.59. The van der Waals surface area contributed by atoms with Gasteiger partial charge in [-0.3, -0.25) is 0 Å². The number of benzene rings is 2. The Balaban J connectivity index is 1.47. The van der Waals surface area contributed by atoms with E-state index in [1.54, 1.807) is 4.90 Å². The third kappa shape index (κ3) is 5.91. The fourth-order valence-electron chi connectivity index (χ4n) is 3.13. The van der Waals surface area contributed by atoms with E-state index in [-0.39, 0.29) is 6.09 Å². The summed E-state index contributed by atoms with van der Waals surface area (Å²) in [7, 11) is 0. The molecule has 1 saturated heterocycles. The van der Waals surface area contributed by atoms with E-state index in [1.807, 2.05) is 69.3 Å². The molecule has 0 saturated carbocycles. The van der Waals surface area contributed by atoms with E-state index in [4.69, 9.17) is 9.47 Å². The molecule has 28 heavy (non-hydrogen) atoms. The summed E-state index contributed by atoms with van der Waals surface area (Å²) in [4.78, 5) is 13.9. The van der Waals surface area contributed by atoms with Gasteiger partial charge in [-0.15, -0.1) is 0 Å². The lowest BCUT2D eigenvalue weighted by Crippen LogP contribution is -2.44. The average Bonchev–Trinajstić information content (AvgIpc) is 2.64. The van der Waals surface area contributed by atoms with Crippen molar-refractivity contribution in [1.29, 1.82) is 0 Å². The van der Waals surface area contributed by atoms with Gasteiger partial charge in [0.25, 0.3) is 0 Å². The summed E-state index contributed by atoms with van der Waals surface area (Å²) in [5.41, 5.74) is 1.82. The third-order valence-corrected chi connectivity index (χ3v) is 4.63. The highest BCUT2D eigenvalue weighted by atomic mass is 16.6. The standard InChI is InChI=1S/C23H30N2O3/c1-17-5-9-20(10-6-17)27-21-11-7-18(8-12-21)24-19-13-15-25(16-14-19)22(26)28-23(2,3)4/h5-12,19,24H,13-16H2,1-4H3. The van der Waals surface area contributed by atoms with Gasteiger partial charge in [-0.2, -0.15) is 0 Å². The summed E-state index contributed by atoms with van der Waals surface area (Å²) in [6, 6.07) is 16.4. The van der Waals surface area contributed by atoms with Gasteiger partial charge in [0.15, 0.2) is 0 Å². The molecule has 0 unspecified atom stereocenters. The molecular weight excluding hydrogens is 352 g/mol. The number of carbonyl (C=O) groups excluding carboxylic acids is 1. The normalized spacial score (nSPS) is 15.2. The molecule has 1 amide bonds. The summed E-state index contributed by atoms with van der Waals surface area (Å²) in [5, 5.41) is 3.55. The molecule has 1 heterocycles. The molecule has 0 radical (unpaired) electrons. The number of aryl methyl sites for hydroxylation is 1. The van der Waals surface area contributed by atoms with Gasteiger partial charge >= 0.3 is 6.09 Å². The van der Waals surface area contributed by atoms with Crippen molar-refractivity contribution < 1.29 is 14.3 Å². The zero-order valence-electron chi connectivity index (χ0n) is 17.2. The van der Waals surface area contributed by atoms with Crippen LogP contribution in [0.2, 0.25) is 0 Å². The summed E-state index contributed by atoms with van der Waals surface area (Å²) in [6.45, 7) is 9.16. The quantitative estimate of drug-likeness (QED) is 0.748. The second-order valence-corrected chi connectivity index (χ2v) is 8.33. The van der Waals surface area contributed by atoms with Crippen LogP contribution in [0.25, 0.3) is 0 Å². The Morgan fingerprint density at radius 2 is 1.50 bits per heavy atom. The van der Waals surface area contributed by atoms with Gasteiger partial charge in [-0.05, 0) is 76.9 Å². The number of rotatable bonds is 4. The van der Waals surface area contributed by atoms with E-state index in [9.17, 15) is 4.79 Å². The molecule has 3 rings (SSSR count). The van der Waals surface area contributed by atoms with Crippen molar-refractivity contribution >= 4 is 11.8 Å². The smallest absolute Gasteiger partial charge is 0.410 e. The molecule has 0 aromatic heterocycles.